The first-order chi connectivity index (χ1) is 8.74. The summed E-state index contributed by atoms with van der Waals surface area (Å²) in [6.07, 6.45) is 8.95. The van der Waals surface area contributed by atoms with Gasteiger partial charge in [-0.15, -0.1) is 11.3 Å². The van der Waals surface area contributed by atoms with E-state index >= 15 is 0 Å². The monoisotopic (exact) mass is 266 g/mol. The van der Waals surface area contributed by atoms with Crippen LogP contribution in [0.25, 0.3) is 0 Å². The third-order valence-corrected chi connectivity index (χ3v) is 5.53. The van der Waals surface area contributed by atoms with E-state index in [1.807, 2.05) is 11.3 Å². The molecule has 1 aromatic rings. The predicted octanol–water partition coefficient (Wildman–Crippen LogP) is 4.50. The summed E-state index contributed by atoms with van der Waals surface area (Å²) in [5, 5.41) is 4.85. The van der Waals surface area contributed by atoms with Gasteiger partial charge in [0.05, 0.1) is 5.01 Å². The van der Waals surface area contributed by atoms with E-state index in [-0.39, 0.29) is 0 Å². The average molecular weight is 266 g/mol. The van der Waals surface area contributed by atoms with Gasteiger partial charge in [0, 0.05) is 23.0 Å². The highest BCUT2D eigenvalue weighted by Gasteiger charge is 2.24. The van der Waals surface area contributed by atoms with Gasteiger partial charge in [0.2, 0.25) is 0 Å². The molecule has 0 aromatic carbocycles. The minimum absolute atomic E-state index is 0.451. The van der Waals surface area contributed by atoms with E-state index in [2.05, 4.69) is 32.3 Å². The third kappa shape index (κ3) is 3.33. The molecule has 1 fully saturated rings. The summed E-state index contributed by atoms with van der Waals surface area (Å²) in [7, 11) is 0. The molecule has 0 radical (unpaired) electrons. The maximum absolute atomic E-state index is 4.69. The Balaban J connectivity index is 2.00. The first kappa shape index (κ1) is 14.0. The van der Waals surface area contributed by atoms with Crippen LogP contribution in [0.2, 0.25) is 0 Å². The van der Waals surface area contributed by atoms with Crippen LogP contribution in [0.1, 0.15) is 74.7 Å². The normalized spacial score (nSPS) is 26.2. The van der Waals surface area contributed by atoms with Crippen LogP contribution in [0, 0.1) is 5.92 Å². The zero-order valence-corrected chi connectivity index (χ0v) is 12.7. The lowest BCUT2D eigenvalue weighted by molar-refractivity contribution is 0.314. The molecule has 1 aliphatic rings. The first-order valence-corrected chi connectivity index (χ1v) is 8.25. The lowest BCUT2D eigenvalue weighted by atomic mass is 9.80. The lowest BCUT2D eigenvalue weighted by Crippen LogP contribution is -2.16. The second kappa shape index (κ2) is 6.67. The highest BCUT2D eigenvalue weighted by atomic mass is 32.1. The van der Waals surface area contributed by atoms with Crippen LogP contribution in [0.3, 0.4) is 0 Å². The second-order valence-corrected chi connectivity index (χ2v) is 6.61. The van der Waals surface area contributed by atoms with Gasteiger partial charge >= 0.3 is 0 Å². The van der Waals surface area contributed by atoms with Crippen molar-refractivity contribution in [3.8, 4) is 0 Å². The second-order valence-electron chi connectivity index (χ2n) is 5.52. The Bertz CT molecular complexity index is 361. The van der Waals surface area contributed by atoms with Crippen LogP contribution < -0.4 is 5.32 Å². The topological polar surface area (TPSA) is 24.9 Å². The minimum atomic E-state index is 0.451. The van der Waals surface area contributed by atoms with Crippen molar-refractivity contribution in [2.24, 2.45) is 5.92 Å². The number of thiazole rings is 1. The van der Waals surface area contributed by atoms with Crippen molar-refractivity contribution < 1.29 is 0 Å². The van der Waals surface area contributed by atoms with Crippen molar-refractivity contribution in [3.63, 3.8) is 0 Å². The molecule has 3 heteroatoms. The maximum Gasteiger partial charge on any atom is 0.0959 e. The molecular formula is C15H26N2S. The summed E-state index contributed by atoms with van der Waals surface area (Å²) in [6.45, 7) is 7.74. The van der Waals surface area contributed by atoms with E-state index in [1.165, 1.54) is 42.0 Å². The largest absolute Gasteiger partial charge is 0.310 e. The fourth-order valence-electron chi connectivity index (χ4n) is 2.98. The molecular weight excluding hydrogens is 240 g/mol. The first-order valence-electron chi connectivity index (χ1n) is 7.43. The molecule has 0 bridgehead atoms. The zero-order chi connectivity index (χ0) is 13.0. The van der Waals surface area contributed by atoms with E-state index in [9.17, 15) is 0 Å². The molecule has 2 rings (SSSR count). The highest BCUT2D eigenvalue weighted by molar-refractivity contribution is 7.11. The number of hydrogen-bond acceptors (Lipinski definition) is 3. The molecule has 0 amide bonds. The van der Waals surface area contributed by atoms with Gasteiger partial charge in [-0.3, -0.25) is 0 Å². The Morgan fingerprint density at radius 3 is 3.00 bits per heavy atom. The highest BCUT2D eigenvalue weighted by Crippen LogP contribution is 2.39. The van der Waals surface area contributed by atoms with Gasteiger partial charge in [-0.05, 0) is 32.2 Å². The van der Waals surface area contributed by atoms with E-state index in [4.69, 9.17) is 4.98 Å². The molecule has 3 unspecified atom stereocenters. The molecule has 1 aliphatic carbocycles. The van der Waals surface area contributed by atoms with E-state index in [0.29, 0.717) is 6.04 Å². The minimum Gasteiger partial charge on any atom is -0.310 e. The van der Waals surface area contributed by atoms with Gasteiger partial charge < -0.3 is 5.32 Å². The van der Waals surface area contributed by atoms with Crippen LogP contribution in [-0.2, 0) is 0 Å². The Labute approximate surface area is 115 Å². The number of aromatic nitrogens is 1. The van der Waals surface area contributed by atoms with Crippen molar-refractivity contribution in [1.29, 1.82) is 0 Å². The summed E-state index contributed by atoms with van der Waals surface area (Å²) in [4.78, 5) is 6.08. The Morgan fingerprint density at radius 1 is 1.44 bits per heavy atom. The lowest BCUT2D eigenvalue weighted by Gasteiger charge is -2.26. The van der Waals surface area contributed by atoms with Gasteiger partial charge in [0.25, 0.3) is 0 Å². The van der Waals surface area contributed by atoms with Crippen molar-refractivity contribution in [1.82, 2.24) is 10.3 Å². The fraction of sp³-hybridized carbons (Fsp3) is 0.800. The smallest absolute Gasteiger partial charge is 0.0959 e. The van der Waals surface area contributed by atoms with Crippen LogP contribution in [0.15, 0.2) is 6.20 Å². The van der Waals surface area contributed by atoms with E-state index in [0.717, 1.165) is 18.4 Å². The predicted molar refractivity (Wildman–Crippen MR) is 79.2 cm³/mol. The summed E-state index contributed by atoms with van der Waals surface area (Å²) >= 11 is 1.93. The molecule has 0 saturated heterocycles. The SMILES string of the molecule is CCNC(C)c1cnc(C2CCCC(CC)C2)s1. The van der Waals surface area contributed by atoms with E-state index < -0.39 is 0 Å². The summed E-state index contributed by atoms with van der Waals surface area (Å²) in [6, 6.07) is 0.451. The van der Waals surface area contributed by atoms with Crippen molar-refractivity contribution in [3.05, 3.63) is 16.1 Å². The van der Waals surface area contributed by atoms with Gasteiger partial charge in [0.1, 0.15) is 0 Å². The van der Waals surface area contributed by atoms with Crippen LogP contribution >= 0.6 is 11.3 Å². The van der Waals surface area contributed by atoms with Gasteiger partial charge in [0.15, 0.2) is 0 Å². The zero-order valence-electron chi connectivity index (χ0n) is 11.9. The molecule has 0 spiro atoms. The van der Waals surface area contributed by atoms with Gasteiger partial charge in [-0.1, -0.05) is 33.1 Å². The van der Waals surface area contributed by atoms with Crippen LogP contribution in [0.4, 0.5) is 0 Å². The molecule has 2 nitrogen and oxygen atoms in total. The van der Waals surface area contributed by atoms with Crippen molar-refractivity contribution in [2.75, 3.05) is 6.54 Å². The molecule has 18 heavy (non-hydrogen) atoms. The van der Waals surface area contributed by atoms with Crippen LogP contribution in [-0.4, -0.2) is 11.5 Å². The average Bonchev–Trinajstić information content (AvgIpc) is 2.89. The third-order valence-electron chi connectivity index (χ3n) is 4.19. The number of rotatable bonds is 5. The van der Waals surface area contributed by atoms with Crippen molar-refractivity contribution >= 4 is 11.3 Å². The summed E-state index contributed by atoms with van der Waals surface area (Å²) in [5.41, 5.74) is 0. The standard InChI is InChI=1S/C15H26N2S/c1-4-12-7-6-8-13(9-12)15-17-10-14(18-15)11(3)16-5-2/h10-13,16H,4-9H2,1-3H3. The molecule has 1 N–H and O–H groups in total. The van der Waals surface area contributed by atoms with E-state index in [1.54, 1.807) is 0 Å². The molecule has 1 heterocycles. The summed E-state index contributed by atoms with van der Waals surface area (Å²) < 4.78 is 0. The quantitative estimate of drug-likeness (QED) is 0.849. The summed E-state index contributed by atoms with van der Waals surface area (Å²) in [5.74, 6) is 1.67. The van der Waals surface area contributed by atoms with Crippen molar-refractivity contribution in [2.45, 2.75) is 64.8 Å². The number of nitrogens with zero attached hydrogens (tertiary/aromatic N) is 1. The number of nitrogens with one attached hydrogen (secondary N) is 1. The Morgan fingerprint density at radius 2 is 2.28 bits per heavy atom. The molecule has 102 valence electrons. The van der Waals surface area contributed by atoms with Gasteiger partial charge in [-0.25, -0.2) is 4.98 Å². The molecule has 1 saturated carbocycles. The fourth-order valence-corrected chi connectivity index (χ4v) is 4.08. The Hall–Kier alpha value is -0.410. The molecule has 3 atom stereocenters. The molecule has 0 aliphatic heterocycles. The van der Waals surface area contributed by atoms with Gasteiger partial charge in [-0.2, -0.15) is 0 Å². The Kier molecular flexibility index (Phi) is 5.19. The maximum atomic E-state index is 4.69. The molecule has 1 aromatic heterocycles. The van der Waals surface area contributed by atoms with Crippen LogP contribution in [0.5, 0.6) is 0 Å². The number of hydrogen-bond donors (Lipinski definition) is 1.